The van der Waals surface area contributed by atoms with E-state index in [-0.39, 0.29) is 17.7 Å². The lowest BCUT2D eigenvalue weighted by molar-refractivity contribution is -0.192. The van der Waals surface area contributed by atoms with Crippen LogP contribution in [0.4, 0.5) is 18.9 Å². The molecule has 0 bridgehead atoms. The average Bonchev–Trinajstić information content (AvgIpc) is 3.80. The quantitative estimate of drug-likeness (QED) is 0.270. The summed E-state index contributed by atoms with van der Waals surface area (Å²) >= 11 is 6.57. The zero-order chi connectivity index (χ0) is 36.1. The van der Waals surface area contributed by atoms with Crippen molar-refractivity contribution in [3.8, 4) is 16.9 Å². The number of hydrogen-bond acceptors (Lipinski definition) is 7. The predicted octanol–water partition coefficient (Wildman–Crippen LogP) is 5.36. The second-order valence-electron chi connectivity index (χ2n) is 13.2. The van der Waals surface area contributed by atoms with E-state index in [1.165, 1.54) is 0 Å². The number of carbonyl (C=O) groups excluding carboxylic acids is 2. The number of piperazine rings is 1. The first-order chi connectivity index (χ1) is 23.7. The van der Waals surface area contributed by atoms with Crippen molar-refractivity contribution in [2.24, 2.45) is 5.92 Å². The number of halogens is 4. The molecule has 1 atom stereocenters. The van der Waals surface area contributed by atoms with E-state index >= 15 is 0 Å². The molecule has 15 heteroatoms. The summed E-state index contributed by atoms with van der Waals surface area (Å²) in [5, 5.41) is 17.8. The number of aromatic nitrogens is 2. The highest BCUT2D eigenvalue weighted by Gasteiger charge is 2.39. The number of carbonyl (C=O) groups is 3. The topological polar surface area (TPSA) is 131 Å². The monoisotopic (exact) mass is 718 g/mol. The van der Waals surface area contributed by atoms with Crippen molar-refractivity contribution < 1.29 is 37.4 Å². The number of anilines is 1. The van der Waals surface area contributed by atoms with Crippen LogP contribution < -0.4 is 15.0 Å². The van der Waals surface area contributed by atoms with Gasteiger partial charge >= 0.3 is 12.1 Å². The van der Waals surface area contributed by atoms with Gasteiger partial charge in [0.05, 0.1) is 17.1 Å². The first-order valence-corrected chi connectivity index (χ1v) is 17.0. The molecule has 3 aliphatic rings. The molecular weight excluding hydrogens is 677 g/mol. The Hall–Kier alpha value is -4.30. The largest absolute Gasteiger partial charge is 0.490 e. The molecule has 2 amide bonds. The normalized spacial score (nSPS) is 18.2. The molecule has 2 aromatic carbocycles. The van der Waals surface area contributed by atoms with Gasteiger partial charge in [0.25, 0.3) is 5.91 Å². The summed E-state index contributed by atoms with van der Waals surface area (Å²) in [4.78, 5) is 42.3. The number of hydrogen-bond donors (Lipinski definition) is 3. The first-order valence-electron chi connectivity index (χ1n) is 16.6. The average molecular weight is 719 g/mol. The van der Waals surface area contributed by atoms with Crippen molar-refractivity contribution in [1.82, 2.24) is 25.3 Å². The second kappa shape index (κ2) is 15.7. The molecule has 3 aromatic rings. The molecule has 2 aliphatic heterocycles. The molecule has 270 valence electrons. The minimum absolute atomic E-state index is 0.0459. The molecule has 3 heterocycles. The highest BCUT2D eigenvalue weighted by molar-refractivity contribution is 6.32. The fourth-order valence-corrected chi connectivity index (χ4v) is 6.32. The van der Waals surface area contributed by atoms with E-state index in [1.807, 2.05) is 35.5 Å². The third-order valence-electron chi connectivity index (χ3n) is 8.99. The maximum Gasteiger partial charge on any atom is 0.490 e. The highest BCUT2D eigenvalue weighted by Crippen LogP contribution is 2.36. The van der Waals surface area contributed by atoms with Crippen LogP contribution in [-0.2, 0) is 20.9 Å². The number of ether oxygens (including phenoxy) is 1. The zero-order valence-electron chi connectivity index (χ0n) is 28.0. The smallest absolute Gasteiger partial charge is 0.476 e. The minimum atomic E-state index is -5.08. The number of aromatic amines is 1. The van der Waals surface area contributed by atoms with Gasteiger partial charge in [0.1, 0.15) is 5.75 Å². The number of nitrogens with one attached hydrogen (secondary N) is 2. The summed E-state index contributed by atoms with van der Waals surface area (Å²) in [6.07, 6.45) is 2.55. The van der Waals surface area contributed by atoms with Gasteiger partial charge in [-0.05, 0) is 62.8 Å². The van der Waals surface area contributed by atoms with Crippen LogP contribution >= 0.6 is 11.6 Å². The van der Waals surface area contributed by atoms with E-state index in [4.69, 9.17) is 26.2 Å². The van der Waals surface area contributed by atoms with E-state index < -0.39 is 17.7 Å². The van der Waals surface area contributed by atoms with Gasteiger partial charge in [-0.1, -0.05) is 35.9 Å². The van der Waals surface area contributed by atoms with Crippen molar-refractivity contribution in [3.63, 3.8) is 0 Å². The Kier molecular flexibility index (Phi) is 11.6. The lowest BCUT2D eigenvalue weighted by atomic mass is 9.95. The molecule has 2 saturated heterocycles. The standard InChI is InChI=1S/C33H41ClN6O3.C2HF3O2/c1-33(2,32(42)38-16-13-35-14-17-38)43-30-18-28(11-12-29(30)34)39-15-3-4-25(22-39)31(41)40(27-9-10-27)21-23-5-7-24(8-6-23)26-19-36-37-20-26;3-2(4,5)1(6)7/h5-8,11-12,18-20,25,27,35H,3-4,9-10,13-17,21-22H2,1-2H3,(H,36,37);(H,6,7)/t25-;/m1./s1. The van der Waals surface area contributed by atoms with Crippen molar-refractivity contribution in [2.75, 3.05) is 44.2 Å². The lowest BCUT2D eigenvalue weighted by Gasteiger charge is -2.37. The van der Waals surface area contributed by atoms with E-state index in [0.29, 0.717) is 43.0 Å². The third-order valence-corrected chi connectivity index (χ3v) is 9.30. The molecule has 50 heavy (non-hydrogen) atoms. The van der Waals surface area contributed by atoms with Crippen LogP contribution in [0.3, 0.4) is 0 Å². The maximum atomic E-state index is 13.9. The molecule has 1 aromatic heterocycles. The summed E-state index contributed by atoms with van der Waals surface area (Å²) in [5.74, 6) is -2.16. The Labute approximate surface area is 293 Å². The van der Waals surface area contributed by atoms with E-state index in [1.54, 1.807) is 13.8 Å². The van der Waals surface area contributed by atoms with Crippen LogP contribution in [0.2, 0.25) is 5.02 Å². The highest BCUT2D eigenvalue weighted by atomic mass is 35.5. The van der Waals surface area contributed by atoms with Gasteiger partial charge in [-0.3, -0.25) is 14.7 Å². The van der Waals surface area contributed by atoms with Gasteiger partial charge in [0.2, 0.25) is 5.91 Å². The van der Waals surface area contributed by atoms with Crippen molar-refractivity contribution in [2.45, 2.75) is 63.9 Å². The Morgan fingerprint density at radius 3 is 2.30 bits per heavy atom. The minimum Gasteiger partial charge on any atom is -0.476 e. The Balaban J connectivity index is 0.000000630. The van der Waals surface area contributed by atoms with Gasteiger partial charge < -0.3 is 29.9 Å². The summed E-state index contributed by atoms with van der Waals surface area (Å²) < 4.78 is 38.0. The fraction of sp³-hybridized carbons (Fsp3) is 0.486. The first kappa shape index (κ1) is 37.0. The predicted molar refractivity (Wildman–Crippen MR) is 182 cm³/mol. The molecule has 1 aliphatic carbocycles. The number of nitrogens with zero attached hydrogens (tertiary/aromatic N) is 4. The van der Waals surface area contributed by atoms with Crippen LogP contribution in [0.1, 0.15) is 45.1 Å². The van der Waals surface area contributed by atoms with Crippen LogP contribution in [0.25, 0.3) is 11.1 Å². The number of H-pyrrole nitrogens is 1. The molecule has 11 nitrogen and oxygen atoms in total. The summed E-state index contributed by atoms with van der Waals surface area (Å²) in [5.41, 5.74) is 3.19. The van der Waals surface area contributed by atoms with Gasteiger partial charge in [0.15, 0.2) is 5.60 Å². The molecule has 3 fully saturated rings. The van der Waals surface area contributed by atoms with Gasteiger partial charge in [-0.2, -0.15) is 18.3 Å². The number of alkyl halides is 3. The fourth-order valence-electron chi connectivity index (χ4n) is 6.16. The number of rotatable bonds is 9. The zero-order valence-corrected chi connectivity index (χ0v) is 28.8. The van der Waals surface area contributed by atoms with Crippen molar-refractivity contribution >= 4 is 35.1 Å². The lowest BCUT2D eigenvalue weighted by Crippen LogP contribution is -2.54. The number of aliphatic carboxylic acids is 1. The number of carboxylic acids is 1. The molecule has 1 saturated carbocycles. The Morgan fingerprint density at radius 1 is 1.02 bits per heavy atom. The second-order valence-corrected chi connectivity index (χ2v) is 13.6. The van der Waals surface area contributed by atoms with Crippen molar-refractivity contribution in [1.29, 1.82) is 0 Å². The number of carboxylic acid groups (broad SMARTS) is 1. The molecule has 0 radical (unpaired) electrons. The molecule has 3 N–H and O–H groups in total. The Bertz CT molecular complexity index is 1630. The van der Waals surface area contributed by atoms with E-state index in [9.17, 15) is 22.8 Å². The number of piperidine rings is 1. The van der Waals surface area contributed by atoms with E-state index in [0.717, 1.165) is 67.7 Å². The third kappa shape index (κ3) is 9.48. The summed E-state index contributed by atoms with van der Waals surface area (Å²) in [6, 6.07) is 14.5. The molecule has 6 rings (SSSR count). The summed E-state index contributed by atoms with van der Waals surface area (Å²) in [6.45, 7) is 8.61. The Morgan fingerprint density at radius 2 is 1.70 bits per heavy atom. The maximum absolute atomic E-state index is 13.9. The van der Waals surface area contributed by atoms with Gasteiger partial charge in [0, 0.05) is 75.4 Å². The van der Waals surface area contributed by atoms with Crippen LogP contribution in [-0.4, -0.2) is 100.0 Å². The van der Waals surface area contributed by atoms with Crippen LogP contribution in [0.15, 0.2) is 54.9 Å². The van der Waals surface area contributed by atoms with Gasteiger partial charge in [-0.25, -0.2) is 4.79 Å². The van der Waals surface area contributed by atoms with Crippen molar-refractivity contribution in [3.05, 3.63) is 65.4 Å². The van der Waals surface area contributed by atoms with E-state index in [2.05, 4.69) is 49.6 Å². The molecule has 0 unspecified atom stereocenters. The molecule has 0 spiro atoms. The number of benzene rings is 2. The van der Waals surface area contributed by atoms with Crippen LogP contribution in [0, 0.1) is 5.92 Å². The molecular formula is C35H42ClF3N6O5. The number of amides is 2. The summed E-state index contributed by atoms with van der Waals surface area (Å²) in [7, 11) is 0. The SMILES string of the molecule is CC(C)(Oc1cc(N2CCC[C@@H](C(=O)N(Cc3ccc(-c4cn[nH]c4)cc3)C3CC3)C2)ccc1Cl)C(=O)N1CCNCC1.O=C(O)C(F)(F)F. The van der Waals surface area contributed by atoms with Crippen LogP contribution in [0.5, 0.6) is 5.75 Å². The van der Waals surface area contributed by atoms with Gasteiger partial charge in [-0.15, -0.1) is 0 Å².